The number of rotatable bonds is 38. The molecule has 1 fully saturated rings. The number of phosphoric acid groups is 2. The molecule has 9 atom stereocenters. The van der Waals surface area contributed by atoms with E-state index in [-0.39, 0.29) is 12.8 Å². The lowest BCUT2D eigenvalue weighted by Crippen LogP contribution is -2.64. The molecule has 0 amide bonds. The van der Waals surface area contributed by atoms with Crippen LogP contribution in [0.5, 0.6) is 0 Å². The Bertz CT molecular complexity index is 1830. The zero-order valence-corrected chi connectivity index (χ0v) is 42.5. The first kappa shape index (κ1) is 64.4. The Morgan fingerprint density at radius 3 is 1.57 bits per heavy atom. The molecule has 70 heavy (non-hydrogen) atoms. The van der Waals surface area contributed by atoms with Crippen LogP contribution in [-0.2, 0) is 41.8 Å². The van der Waals surface area contributed by atoms with Crippen molar-refractivity contribution in [1.82, 2.24) is 0 Å². The van der Waals surface area contributed by atoms with Crippen molar-refractivity contribution in [2.45, 2.75) is 172 Å². The van der Waals surface area contributed by atoms with Crippen LogP contribution in [0.1, 0.15) is 123 Å². The van der Waals surface area contributed by atoms with Gasteiger partial charge in [-0.25, -0.2) is 9.13 Å². The molecule has 0 aliphatic heterocycles. The summed E-state index contributed by atoms with van der Waals surface area (Å²) >= 11 is 0. The van der Waals surface area contributed by atoms with Gasteiger partial charge in [-0.2, -0.15) is 0 Å². The van der Waals surface area contributed by atoms with Gasteiger partial charge in [0.1, 0.15) is 43.2 Å². The summed E-state index contributed by atoms with van der Waals surface area (Å²) in [7, 11) is -10.7. The van der Waals surface area contributed by atoms with E-state index in [4.69, 9.17) is 18.5 Å². The largest absolute Gasteiger partial charge is 0.472 e. The fourth-order valence-electron chi connectivity index (χ4n) is 6.41. The second-order valence-corrected chi connectivity index (χ2v) is 18.9. The van der Waals surface area contributed by atoms with Gasteiger partial charge in [0.25, 0.3) is 0 Å². The number of hydrogen-bond acceptors (Lipinski definition) is 14. The maximum absolute atomic E-state index is 13.0. The summed E-state index contributed by atoms with van der Waals surface area (Å²) in [6.45, 7) is 2.72. The minimum atomic E-state index is -5.39. The van der Waals surface area contributed by atoms with Crippen molar-refractivity contribution in [2.24, 2.45) is 0 Å². The lowest BCUT2D eigenvalue weighted by molar-refractivity contribution is -0.216. The number of ether oxygens (including phenoxy) is 2. The number of carbonyl (C=O) groups is 2. The molecule has 0 aromatic rings. The van der Waals surface area contributed by atoms with Gasteiger partial charge in [0, 0.05) is 12.8 Å². The number of aliphatic hydroxyl groups excluding tert-OH is 5. The molecule has 0 aromatic heterocycles. The van der Waals surface area contributed by atoms with E-state index in [9.17, 15) is 58.9 Å². The van der Waals surface area contributed by atoms with Gasteiger partial charge < -0.3 is 49.7 Å². The van der Waals surface area contributed by atoms with Gasteiger partial charge in [-0.3, -0.25) is 23.2 Å². The highest BCUT2D eigenvalue weighted by atomic mass is 31.2. The van der Waals surface area contributed by atoms with Crippen LogP contribution in [0.25, 0.3) is 0 Å². The summed E-state index contributed by atoms with van der Waals surface area (Å²) < 4.78 is 49.3. The molecule has 1 aliphatic carbocycles. The summed E-state index contributed by atoms with van der Waals surface area (Å²) in [6, 6.07) is 0. The number of unbranched alkanes of at least 4 members (excludes halogenated alkanes) is 4. The molecule has 0 radical (unpaired) electrons. The molecule has 0 heterocycles. The Hall–Kier alpha value is -3.64. The van der Waals surface area contributed by atoms with Crippen LogP contribution in [0.2, 0.25) is 0 Å². The van der Waals surface area contributed by atoms with Crippen LogP contribution in [0, 0.1) is 0 Å². The average Bonchev–Trinajstić information content (AvgIpc) is 3.31. The molecule has 17 nitrogen and oxygen atoms in total. The van der Waals surface area contributed by atoms with E-state index >= 15 is 0 Å². The first-order valence-corrected chi connectivity index (χ1v) is 27.2. The topological polar surface area (TPSA) is 276 Å². The Balaban J connectivity index is 2.68. The van der Waals surface area contributed by atoms with Gasteiger partial charge in [0.05, 0.1) is 12.7 Å². The highest BCUT2D eigenvalue weighted by Gasteiger charge is 2.54. The average molecular weight is 1030 g/mol. The molecule has 8 N–H and O–H groups in total. The van der Waals surface area contributed by atoms with E-state index < -0.39 is 89.6 Å². The Labute approximate surface area is 414 Å². The monoisotopic (exact) mass is 1030 g/mol. The Morgan fingerprint density at radius 2 is 1.01 bits per heavy atom. The highest BCUT2D eigenvalue weighted by Crippen LogP contribution is 2.49. The summed E-state index contributed by atoms with van der Waals surface area (Å²) in [5, 5.41) is 51.3. The number of allylic oxidation sites excluding steroid dienone is 18. The molecule has 0 bridgehead atoms. The molecule has 1 aliphatic rings. The van der Waals surface area contributed by atoms with Crippen LogP contribution in [0.3, 0.4) is 0 Å². The fourth-order valence-corrected chi connectivity index (χ4v) is 7.94. The lowest BCUT2D eigenvalue weighted by Gasteiger charge is -2.43. The zero-order chi connectivity index (χ0) is 51.9. The smallest absolute Gasteiger partial charge is 0.462 e. The predicted octanol–water partition coefficient (Wildman–Crippen LogP) is 8.47. The van der Waals surface area contributed by atoms with E-state index in [2.05, 4.69) is 91.3 Å². The molecule has 0 saturated heterocycles. The van der Waals surface area contributed by atoms with Crippen molar-refractivity contribution in [3.05, 3.63) is 122 Å². The standard InChI is InChI=1S/C51H80O17P2/c1-3-5-7-9-11-12-13-14-15-16-17-18-19-20-21-22-26-30-34-38-44(53)64-40-43(41-65-70(62,63)68-51-48(57)46(55)47(56)50(49(51)58)67-69(59,60)61)66-45(54)39-35-31-27-24-23-25-29-33-37-42(52)36-32-28-10-8-6-4-2/h5-8,11-12,14-15,17-18,20-21,24-25,27-29,32-33,37,42-43,46-52,55-58H,3-4,9-10,13,16,19,22-23,26,30-31,34-36,38-41H2,1-2H3,(H,62,63)(H2,59,60,61)/b7-5-,8-6-,12-11-,15-14-,18-17-,21-20-,27-24-,29-25-,32-28-,37-33+/t42?,43-,46?,47?,48?,49?,50-,51+/m1/s1. The van der Waals surface area contributed by atoms with Crippen LogP contribution in [-0.4, -0.2) is 114 Å². The first-order chi connectivity index (χ1) is 33.5. The number of hydrogen-bond donors (Lipinski definition) is 8. The number of carbonyl (C=O) groups excluding carboxylic acids is 2. The van der Waals surface area contributed by atoms with Gasteiger partial charge >= 0.3 is 27.6 Å². The van der Waals surface area contributed by atoms with E-state index in [1.165, 1.54) is 0 Å². The Kier molecular flexibility index (Phi) is 36.7. The number of phosphoric ester groups is 2. The molecule has 1 saturated carbocycles. The minimum Gasteiger partial charge on any atom is -0.462 e. The molecule has 6 unspecified atom stereocenters. The van der Waals surface area contributed by atoms with Crippen LogP contribution < -0.4 is 0 Å². The lowest BCUT2D eigenvalue weighted by atomic mass is 9.85. The minimum absolute atomic E-state index is 0.0487. The third kappa shape index (κ3) is 33.9. The highest BCUT2D eigenvalue weighted by molar-refractivity contribution is 7.47. The van der Waals surface area contributed by atoms with Crippen molar-refractivity contribution in [3.8, 4) is 0 Å². The van der Waals surface area contributed by atoms with Gasteiger partial charge in [0.2, 0.25) is 0 Å². The molecule has 0 aromatic carbocycles. The van der Waals surface area contributed by atoms with Crippen molar-refractivity contribution >= 4 is 27.6 Å². The van der Waals surface area contributed by atoms with Crippen molar-refractivity contribution < 1.29 is 82.0 Å². The number of aliphatic hydroxyl groups is 5. The molecular weight excluding hydrogens is 946 g/mol. The summed E-state index contributed by atoms with van der Waals surface area (Å²) in [5.41, 5.74) is 0. The van der Waals surface area contributed by atoms with E-state index in [1.807, 2.05) is 36.5 Å². The van der Waals surface area contributed by atoms with Crippen molar-refractivity contribution in [3.63, 3.8) is 0 Å². The summed E-state index contributed by atoms with van der Waals surface area (Å²) in [5.74, 6) is -1.37. The van der Waals surface area contributed by atoms with Crippen LogP contribution >= 0.6 is 15.6 Å². The van der Waals surface area contributed by atoms with Gasteiger partial charge in [0.15, 0.2) is 6.10 Å². The first-order valence-electron chi connectivity index (χ1n) is 24.2. The van der Waals surface area contributed by atoms with Gasteiger partial charge in [-0.05, 0) is 89.9 Å². The third-order valence-electron chi connectivity index (χ3n) is 10.1. The second-order valence-electron chi connectivity index (χ2n) is 16.3. The van der Waals surface area contributed by atoms with Crippen LogP contribution in [0.4, 0.5) is 0 Å². The third-order valence-corrected chi connectivity index (χ3v) is 11.6. The fraction of sp³-hybridized carbons (Fsp3) is 0.569. The van der Waals surface area contributed by atoms with Crippen LogP contribution in [0.15, 0.2) is 122 Å². The second kappa shape index (κ2) is 39.9. The summed E-state index contributed by atoms with van der Waals surface area (Å²) in [6.07, 6.45) is 36.1. The van der Waals surface area contributed by atoms with Gasteiger partial charge in [-0.15, -0.1) is 0 Å². The predicted molar refractivity (Wildman–Crippen MR) is 270 cm³/mol. The quantitative estimate of drug-likeness (QED) is 0.00946. The van der Waals surface area contributed by atoms with Gasteiger partial charge in [-0.1, -0.05) is 142 Å². The van der Waals surface area contributed by atoms with Crippen molar-refractivity contribution in [2.75, 3.05) is 13.2 Å². The molecule has 396 valence electrons. The Morgan fingerprint density at radius 1 is 0.529 bits per heavy atom. The maximum atomic E-state index is 13.0. The number of esters is 2. The normalized spacial score (nSPS) is 22.5. The molecule has 19 heteroatoms. The summed E-state index contributed by atoms with van der Waals surface area (Å²) in [4.78, 5) is 54.3. The van der Waals surface area contributed by atoms with Crippen molar-refractivity contribution in [1.29, 1.82) is 0 Å². The zero-order valence-electron chi connectivity index (χ0n) is 40.7. The SMILES string of the molecule is CC/C=C\C/C=C\C/C=C\C/C=C\C/C=C\CCCCCC(=O)OC[C@H](COP(=O)(O)O[C@H]1C(O)C(O)C(O)[C@@H](OP(=O)(O)O)C1O)OC(=O)CCC/C=C\C/C=C\C=C\C(O)C/C=C\C/C=C\CC. The maximum Gasteiger partial charge on any atom is 0.472 e. The van der Waals surface area contributed by atoms with E-state index in [1.54, 1.807) is 12.2 Å². The van der Waals surface area contributed by atoms with E-state index in [0.29, 0.717) is 32.1 Å². The van der Waals surface area contributed by atoms with E-state index in [0.717, 1.165) is 64.2 Å². The molecule has 1 rings (SSSR count). The molecular formula is C51H80O17P2. The molecule has 0 spiro atoms.